The molecule has 1 aromatic heterocycles. The molecule has 1 aromatic carbocycles. The minimum Gasteiger partial charge on any atom is -0.454 e. The average Bonchev–Trinajstić information content (AvgIpc) is 2.68. The van der Waals surface area contributed by atoms with Crippen LogP contribution in [0.2, 0.25) is 0 Å². The van der Waals surface area contributed by atoms with Crippen LogP contribution in [0.25, 0.3) is 0 Å². The number of hydrogen-bond donors (Lipinski definition) is 1. The quantitative estimate of drug-likeness (QED) is 0.831. The van der Waals surface area contributed by atoms with E-state index in [9.17, 15) is 0 Å². The van der Waals surface area contributed by atoms with E-state index in [1.54, 1.807) is 17.1 Å². The molecule has 2 rings (SSSR count). The van der Waals surface area contributed by atoms with Crippen molar-refractivity contribution in [2.75, 3.05) is 0 Å². The van der Waals surface area contributed by atoms with E-state index in [2.05, 4.69) is 5.10 Å². The van der Waals surface area contributed by atoms with E-state index in [1.807, 2.05) is 37.3 Å². The Morgan fingerprint density at radius 2 is 2.00 bits per heavy atom. The number of aromatic nitrogens is 2. The van der Waals surface area contributed by atoms with Gasteiger partial charge in [0.25, 0.3) is 0 Å². The molecule has 0 saturated carbocycles. The van der Waals surface area contributed by atoms with Crippen LogP contribution in [0.1, 0.15) is 13.1 Å². The van der Waals surface area contributed by atoms with E-state index in [-0.39, 0.29) is 6.17 Å². The molecule has 0 aliphatic carbocycles. The summed E-state index contributed by atoms with van der Waals surface area (Å²) in [5.41, 5.74) is 5.67. The van der Waals surface area contributed by atoms with Crippen molar-refractivity contribution in [2.45, 2.75) is 13.1 Å². The van der Waals surface area contributed by atoms with Gasteiger partial charge in [0.05, 0.1) is 18.6 Å². The molecule has 78 valence electrons. The summed E-state index contributed by atoms with van der Waals surface area (Å²) < 4.78 is 7.22. The Balaban J connectivity index is 2.12. The van der Waals surface area contributed by atoms with E-state index < -0.39 is 0 Å². The van der Waals surface area contributed by atoms with Gasteiger partial charge >= 0.3 is 0 Å². The third kappa shape index (κ3) is 2.35. The minimum absolute atomic E-state index is 0.141. The van der Waals surface area contributed by atoms with Gasteiger partial charge in [-0.05, 0) is 19.1 Å². The average molecular weight is 203 g/mol. The molecule has 0 aliphatic heterocycles. The maximum absolute atomic E-state index is 5.67. The van der Waals surface area contributed by atoms with Crippen LogP contribution in [0, 0.1) is 0 Å². The van der Waals surface area contributed by atoms with Crippen LogP contribution in [0.3, 0.4) is 0 Å². The van der Waals surface area contributed by atoms with Gasteiger partial charge in [-0.1, -0.05) is 18.2 Å². The highest BCUT2D eigenvalue weighted by atomic mass is 16.5. The molecule has 0 aliphatic rings. The number of nitrogens with two attached hydrogens (primary N) is 1. The first-order valence-electron chi connectivity index (χ1n) is 4.78. The predicted molar refractivity (Wildman–Crippen MR) is 57.6 cm³/mol. The van der Waals surface area contributed by atoms with Gasteiger partial charge in [0.1, 0.15) is 5.75 Å². The van der Waals surface area contributed by atoms with Crippen LogP contribution >= 0.6 is 0 Å². The van der Waals surface area contributed by atoms with E-state index in [0.29, 0.717) is 5.75 Å². The standard InChI is InChI=1S/C11H13N3O/c1-9(12)14-8-11(7-13-14)15-10-5-3-2-4-6-10/h2-9H,12H2,1H3. The second-order valence-corrected chi connectivity index (χ2v) is 3.31. The smallest absolute Gasteiger partial charge is 0.165 e. The minimum atomic E-state index is -0.141. The summed E-state index contributed by atoms with van der Waals surface area (Å²) in [6.07, 6.45) is 3.28. The van der Waals surface area contributed by atoms with Crippen molar-refractivity contribution in [1.29, 1.82) is 0 Å². The Bertz CT molecular complexity index is 422. The van der Waals surface area contributed by atoms with Gasteiger partial charge in [0.15, 0.2) is 5.75 Å². The molecule has 2 aromatic rings. The third-order valence-corrected chi connectivity index (χ3v) is 1.97. The first-order chi connectivity index (χ1) is 7.25. The van der Waals surface area contributed by atoms with Crippen molar-refractivity contribution in [1.82, 2.24) is 9.78 Å². The molecule has 0 radical (unpaired) electrons. The zero-order valence-electron chi connectivity index (χ0n) is 8.50. The Hall–Kier alpha value is -1.81. The molecule has 0 amide bonds. The zero-order valence-corrected chi connectivity index (χ0v) is 8.50. The zero-order chi connectivity index (χ0) is 10.7. The van der Waals surface area contributed by atoms with Gasteiger partial charge < -0.3 is 10.5 Å². The summed E-state index contributed by atoms with van der Waals surface area (Å²) in [5.74, 6) is 1.49. The summed E-state index contributed by atoms with van der Waals surface area (Å²) in [6, 6.07) is 9.57. The maximum Gasteiger partial charge on any atom is 0.165 e. The third-order valence-electron chi connectivity index (χ3n) is 1.97. The van der Waals surface area contributed by atoms with Crippen LogP contribution in [-0.4, -0.2) is 9.78 Å². The fourth-order valence-electron chi connectivity index (χ4n) is 1.22. The highest BCUT2D eigenvalue weighted by Gasteiger charge is 2.02. The SMILES string of the molecule is CC(N)n1cc(Oc2ccccc2)cn1. The first-order valence-corrected chi connectivity index (χ1v) is 4.78. The Kier molecular flexibility index (Phi) is 2.69. The second-order valence-electron chi connectivity index (χ2n) is 3.31. The molecule has 15 heavy (non-hydrogen) atoms. The number of para-hydroxylation sites is 1. The van der Waals surface area contributed by atoms with Crippen LogP contribution in [0.5, 0.6) is 11.5 Å². The van der Waals surface area contributed by atoms with E-state index in [4.69, 9.17) is 10.5 Å². The van der Waals surface area contributed by atoms with E-state index in [0.717, 1.165) is 5.75 Å². The maximum atomic E-state index is 5.67. The predicted octanol–water partition coefficient (Wildman–Crippen LogP) is 2.15. The monoisotopic (exact) mass is 203 g/mol. The lowest BCUT2D eigenvalue weighted by atomic mass is 10.3. The van der Waals surface area contributed by atoms with Crippen LogP contribution in [-0.2, 0) is 0 Å². The topological polar surface area (TPSA) is 53.1 Å². The summed E-state index contributed by atoms with van der Waals surface area (Å²) in [4.78, 5) is 0. The van der Waals surface area contributed by atoms with Gasteiger partial charge in [-0.3, -0.25) is 4.68 Å². The first kappa shape index (κ1) is 9.73. The van der Waals surface area contributed by atoms with E-state index >= 15 is 0 Å². The normalized spacial score (nSPS) is 12.4. The van der Waals surface area contributed by atoms with Crippen LogP contribution in [0.15, 0.2) is 42.7 Å². The fourth-order valence-corrected chi connectivity index (χ4v) is 1.22. The molecule has 4 heteroatoms. The number of rotatable bonds is 3. The number of nitrogens with zero attached hydrogens (tertiary/aromatic N) is 2. The highest BCUT2D eigenvalue weighted by molar-refractivity contribution is 5.27. The van der Waals surface area contributed by atoms with Crippen molar-refractivity contribution < 1.29 is 4.74 Å². The van der Waals surface area contributed by atoms with Gasteiger partial charge in [0.2, 0.25) is 0 Å². The van der Waals surface area contributed by atoms with Gasteiger partial charge in [-0.25, -0.2) is 0 Å². The molecule has 1 atom stereocenters. The fraction of sp³-hybridized carbons (Fsp3) is 0.182. The molecule has 0 spiro atoms. The largest absolute Gasteiger partial charge is 0.454 e. The van der Waals surface area contributed by atoms with Gasteiger partial charge in [-0.15, -0.1) is 0 Å². The van der Waals surface area contributed by atoms with Crippen molar-refractivity contribution in [3.63, 3.8) is 0 Å². The number of ether oxygens (including phenoxy) is 1. The molecular weight excluding hydrogens is 190 g/mol. The Labute approximate surface area is 88.3 Å². The summed E-state index contributed by atoms with van der Waals surface area (Å²) >= 11 is 0. The lowest BCUT2D eigenvalue weighted by Crippen LogP contribution is -2.14. The number of hydrogen-bond acceptors (Lipinski definition) is 3. The molecule has 0 bridgehead atoms. The molecule has 0 fully saturated rings. The summed E-state index contributed by atoms with van der Waals surface area (Å²) in [6.45, 7) is 1.86. The Morgan fingerprint density at radius 1 is 1.27 bits per heavy atom. The molecule has 2 N–H and O–H groups in total. The highest BCUT2D eigenvalue weighted by Crippen LogP contribution is 2.20. The van der Waals surface area contributed by atoms with Crippen molar-refractivity contribution in [3.8, 4) is 11.5 Å². The lowest BCUT2D eigenvalue weighted by molar-refractivity contribution is 0.474. The summed E-state index contributed by atoms with van der Waals surface area (Å²) in [5, 5.41) is 4.08. The molecule has 4 nitrogen and oxygen atoms in total. The van der Waals surface area contributed by atoms with E-state index in [1.165, 1.54) is 0 Å². The van der Waals surface area contributed by atoms with Crippen LogP contribution < -0.4 is 10.5 Å². The van der Waals surface area contributed by atoms with Crippen molar-refractivity contribution in [2.24, 2.45) is 5.73 Å². The summed E-state index contributed by atoms with van der Waals surface area (Å²) in [7, 11) is 0. The molecular formula is C11H13N3O. The molecule has 0 saturated heterocycles. The van der Waals surface area contributed by atoms with Gasteiger partial charge in [-0.2, -0.15) is 5.10 Å². The Morgan fingerprint density at radius 3 is 2.60 bits per heavy atom. The van der Waals surface area contributed by atoms with Gasteiger partial charge in [0, 0.05) is 0 Å². The number of benzene rings is 1. The molecule has 1 unspecified atom stereocenters. The second kappa shape index (κ2) is 4.14. The van der Waals surface area contributed by atoms with Crippen molar-refractivity contribution in [3.05, 3.63) is 42.7 Å². The molecule has 1 heterocycles. The van der Waals surface area contributed by atoms with Crippen molar-refractivity contribution >= 4 is 0 Å². The lowest BCUT2D eigenvalue weighted by Gasteiger charge is -2.04. The van der Waals surface area contributed by atoms with Crippen LogP contribution in [0.4, 0.5) is 0 Å².